The van der Waals surface area contributed by atoms with Crippen molar-refractivity contribution in [3.8, 4) is 5.75 Å². The number of hydrogen-bond donors (Lipinski definition) is 0. The van der Waals surface area contributed by atoms with Gasteiger partial charge in [-0.1, -0.05) is 36.9 Å². The van der Waals surface area contributed by atoms with Crippen molar-refractivity contribution in [2.75, 3.05) is 14.2 Å². The van der Waals surface area contributed by atoms with E-state index in [-0.39, 0.29) is 0 Å². The molecule has 0 saturated heterocycles. The summed E-state index contributed by atoms with van der Waals surface area (Å²) in [5.74, 6) is 0.938. The quantitative estimate of drug-likeness (QED) is 0.394. The van der Waals surface area contributed by atoms with Crippen molar-refractivity contribution in [2.24, 2.45) is 0 Å². The standard InChI is InChI=1S/C31H43N3O/c1-21(2)32(7)19-27-18-29(14-13-22(27)3)34(28-15-16-28)25(6)30-17-23(4)33(24(30)5)20-26-11-9-10-12-31(26)35-8/h9-12,17,19,21,28-29H,3,6,13-16,18,20H2,1-2,4-5,7-8H3/b27-19-. The van der Waals surface area contributed by atoms with Crippen LogP contribution in [-0.4, -0.2) is 46.6 Å². The predicted octanol–water partition coefficient (Wildman–Crippen LogP) is 6.93. The molecule has 4 heteroatoms. The van der Waals surface area contributed by atoms with Crippen LogP contribution in [-0.2, 0) is 6.54 Å². The first-order valence-electron chi connectivity index (χ1n) is 13.1. The van der Waals surface area contributed by atoms with E-state index in [0.717, 1.165) is 31.6 Å². The molecule has 0 amide bonds. The Kier molecular flexibility index (Phi) is 7.49. The topological polar surface area (TPSA) is 20.6 Å². The van der Waals surface area contributed by atoms with E-state index in [0.29, 0.717) is 18.1 Å². The van der Waals surface area contributed by atoms with Crippen molar-refractivity contribution in [3.05, 3.63) is 83.4 Å². The Hall–Kier alpha value is -2.88. The van der Waals surface area contributed by atoms with Crippen molar-refractivity contribution in [2.45, 2.75) is 84.5 Å². The zero-order valence-electron chi connectivity index (χ0n) is 22.6. The maximum Gasteiger partial charge on any atom is 0.123 e. The summed E-state index contributed by atoms with van der Waals surface area (Å²) in [4.78, 5) is 4.97. The Balaban J connectivity index is 1.60. The maximum absolute atomic E-state index is 5.61. The van der Waals surface area contributed by atoms with Gasteiger partial charge in [0.15, 0.2) is 0 Å². The van der Waals surface area contributed by atoms with Crippen LogP contribution in [0.15, 0.2) is 60.8 Å². The molecule has 0 N–H and O–H groups in total. The highest BCUT2D eigenvalue weighted by Crippen LogP contribution is 2.42. The number of aryl methyl sites for hydroxylation is 1. The summed E-state index contributed by atoms with van der Waals surface area (Å²) in [6, 6.07) is 12.2. The van der Waals surface area contributed by atoms with E-state index in [1.165, 1.54) is 52.2 Å². The van der Waals surface area contributed by atoms with Gasteiger partial charge in [0, 0.05) is 59.6 Å². The van der Waals surface area contributed by atoms with Gasteiger partial charge in [0.25, 0.3) is 0 Å². The van der Waals surface area contributed by atoms with Crippen LogP contribution in [0.4, 0.5) is 0 Å². The molecule has 0 spiro atoms. The van der Waals surface area contributed by atoms with E-state index in [1.54, 1.807) is 7.11 Å². The van der Waals surface area contributed by atoms with Gasteiger partial charge in [-0.3, -0.25) is 0 Å². The molecule has 1 aromatic heterocycles. The molecular formula is C31H43N3O. The second-order valence-corrected chi connectivity index (χ2v) is 10.7. The second-order valence-electron chi connectivity index (χ2n) is 10.7. The van der Waals surface area contributed by atoms with Gasteiger partial charge in [0.05, 0.1) is 13.7 Å². The largest absolute Gasteiger partial charge is 0.496 e. The summed E-state index contributed by atoms with van der Waals surface area (Å²) in [7, 11) is 3.91. The summed E-state index contributed by atoms with van der Waals surface area (Å²) < 4.78 is 8.01. The summed E-state index contributed by atoms with van der Waals surface area (Å²) >= 11 is 0. The molecule has 0 bridgehead atoms. The van der Waals surface area contributed by atoms with Crippen LogP contribution in [0.5, 0.6) is 5.75 Å². The number of nitrogens with zero attached hydrogens (tertiary/aromatic N) is 3. The van der Waals surface area contributed by atoms with Gasteiger partial charge in [-0.05, 0) is 77.5 Å². The van der Waals surface area contributed by atoms with Gasteiger partial charge in [-0.15, -0.1) is 0 Å². The minimum Gasteiger partial charge on any atom is -0.496 e. The maximum atomic E-state index is 5.61. The number of benzene rings is 1. The molecule has 4 rings (SSSR count). The van der Waals surface area contributed by atoms with Crippen LogP contribution in [0, 0.1) is 13.8 Å². The summed E-state index contributed by atoms with van der Waals surface area (Å²) in [5.41, 5.74) is 8.89. The molecule has 1 aromatic carbocycles. The van der Waals surface area contributed by atoms with Gasteiger partial charge < -0.3 is 19.1 Å². The van der Waals surface area contributed by atoms with E-state index >= 15 is 0 Å². The average Bonchev–Trinajstić information content (AvgIpc) is 3.63. The van der Waals surface area contributed by atoms with Gasteiger partial charge >= 0.3 is 0 Å². The third kappa shape index (κ3) is 5.37. The molecule has 0 radical (unpaired) electrons. The molecule has 2 aliphatic carbocycles. The minimum atomic E-state index is 0.476. The van der Waals surface area contributed by atoms with Gasteiger partial charge in [0.1, 0.15) is 5.75 Å². The number of hydrogen-bond acceptors (Lipinski definition) is 3. The lowest BCUT2D eigenvalue weighted by atomic mass is 9.86. The molecule has 2 saturated carbocycles. The van der Waals surface area contributed by atoms with Crippen LogP contribution in [0.25, 0.3) is 5.70 Å². The highest BCUT2D eigenvalue weighted by molar-refractivity contribution is 5.66. The number of aromatic nitrogens is 1. The fourth-order valence-electron chi connectivity index (χ4n) is 5.35. The second kappa shape index (κ2) is 10.4. The number of para-hydroxylation sites is 1. The lowest BCUT2D eigenvalue weighted by Gasteiger charge is -2.39. The van der Waals surface area contributed by atoms with Gasteiger partial charge in [-0.2, -0.15) is 0 Å². The molecule has 4 nitrogen and oxygen atoms in total. The Labute approximate surface area is 212 Å². The molecule has 1 unspecified atom stereocenters. The molecule has 1 atom stereocenters. The first-order chi connectivity index (χ1) is 16.7. The Morgan fingerprint density at radius 1 is 1.17 bits per heavy atom. The monoisotopic (exact) mass is 473 g/mol. The van der Waals surface area contributed by atoms with Crippen LogP contribution in [0.3, 0.4) is 0 Å². The van der Waals surface area contributed by atoms with E-state index in [1.807, 2.05) is 12.1 Å². The molecule has 2 aromatic rings. The van der Waals surface area contributed by atoms with Crippen molar-refractivity contribution in [1.82, 2.24) is 14.4 Å². The third-order valence-corrected chi connectivity index (χ3v) is 7.91. The zero-order valence-corrected chi connectivity index (χ0v) is 22.6. The summed E-state index contributed by atoms with van der Waals surface area (Å²) in [5, 5.41) is 0. The SMILES string of the molecule is C=C1CCC(N(C(=C)c2cc(C)n(Cc3ccccc3OC)c2C)C2CC2)C/C1=C/N(C)C(C)C. The van der Waals surface area contributed by atoms with E-state index < -0.39 is 0 Å². The highest BCUT2D eigenvalue weighted by Gasteiger charge is 2.37. The van der Waals surface area contributed by atoms with E-state index in [4.69, 9.17) is 4.74 Å². The summed E-state index contributed by atoms with van der Waals surface area (Å²) in [6.07, 6.45) is 8.11. The minimum absolute atomic E-state index is 0.476. The van der Waals surface area contributed by atoms with Crippen molar-refractivity contribution >= 4 is 5.70 Å². The Morgan fingerprint density at radius 2 is 1.89 bits per heavy atom. The Morgan fingerprint density at radius 3 is 2.54 bits per heavy atom. The Bertz CT molecular complexity index is 1120. The highest BCUT2D eigenvalue weighted by atomic mass is 16.5. The lowest BCUT2D eigenvalue weighted by molar-refractivity contribution is 0.257. The van der Waals surface area contributed by atoms with Crippen LogP contribution >= 0.6 is 0 Å². The normalized spacial score (nSPS) is 19.3. The molecule has 188 valence electrons. The number of allylic oxidation sites excluding steroid dienone is 1. The number of methoxy groups -OCH3 is 1. The van der Waals surface area contributed by atoms with Crippen molar-refractivity contribution in [1.29, 1.82) is 0 Å². The fraction of sp³-hybridized carbons (Fsp3) is 0.484. The number of rotatable bonds is 9. The molecule has 0 aliphatic heterocycles. The third-order valence-electron chi connectivity index (χ3n) is 7.91. The van der Waals surface area contributed by atoms with Gasteiger partial charge in [0.2, 0.25) is 0 Å². The predicted molar refractivity (Wildman–Crippen MR) is 148 cm³/mol. The summed E-state index contributed by atoms with van der Waals surface area (Å²) in [6.45, 7) is 18.8. The molecular weight excluding hydrogens is 430 g/mol. The first-order valence-corrected chi connectivity index (χ1v) is 13.1. The van der Waals surface area contributed by atoms with Gasteiger partial charge in [-0.25, -0.2) is 0 Å². The smallest absolute Gasteiger partial charge is 0.123 e. The zero-order chi connectivity index (χ0) is 25.3. The molecule has 35 heavy (non-hydrogen) atoms. The van der Waals surface area contributed by atoms with Crippen LogP contribution in [0.2, 0.25) is 0 Å². The molecule has 2 aliphatic rings. The number of ether oxygens (including phenoxy) is 1. The van der Waals surface area contributed by atoms with Crippen molar-refractivity contribution < 1.29 is 4.74 Å². The molecule has 2 fully saturated rings. The fourth-order valence-corrected chi connectivity index (χ4v) is 5.35. The lowest BCUT2D eigenvalue weighted by Crippen LogP contribution is -2.38. The van der Waals surface area contributed by atoms with Crippen LogP contribution < -0.4 is 4.74 Å². The first kappa shape index (κ1) is 25.2. The van der Waals surface area contributed by atoms with Crippen molar-refractivity contribution in [3.63, 3.8) is 0 Å². The average molecular weight is 474 g/mol. The van der Waals surface area contributed by atoms with Crippen LogP contribution in [0.1, 0.15) is 68.5 Å². The van der Waals surface area contributed by atoms with E-state index in [9.17, 15) is 0 Å². The van der Waals surface area contributed by atoms with E-state index in [2.05, 4.69) is 86.7 Å². The molecule has 1 heterocycles.